The van der Waals surface area contributed by atoms with Gasteiger partial charge in [0.25, 0.3) is 0 Å². The van der Waals surface area contributed by atoms with Crippen molar-refractivity contribution in [3.8, 4) is 0 Å². The van der Waals surface area contributed by atoms with Gasteiger partial charge in [0.2, 0.25) is 0 Å². The molecule has 1 aromatic heterocycles. The van der Waals surface area contributed by atoms with Gasteiger partial charge in [0.05, 0.1) is 0 Å². The molecule has 0 aliphatic rings. The normalized spacial score (nSPS) is 13.2. The fourth-order valence-corrected chi connectivity index (χ4v) is 1.66. The first-order valence-corrected chi connectivity index (χ1v) is 4.99. The van der Waals surface area contributed by atoms with Crippen LogP contribution in [0.2, 0.25) is 0 Å². The minimum Gasteiger partial charge on any atom is -0.365 e. The number of hydrogen-bond donors (Lipinski definition) is 1. The Hall–Kier alpha value is -0.720. The minimum absolute atomic E-state index is 0.869. The van der Waals surface area contributed by atoms with E-state index in [0.29, 0.717) is 0 Å². The summed E-state index contributed by atoms with van der Waals surface area (Å²) in [5.41, 5.74) is 1.38. The van der Waals surface area contributed by atoms with E-state index in [1.807, 2.05) is 6.20 Å². The van der Waals surface area contributed by atoms with Crippen molar-refractivity contribution in [2.75, 3.05) is 0 Å². The summed E-state index contributed by atoms with van der Waals surface area (Å²) in [5.74, 6) is 0.869. The summed E-state index contributed by atoms with van der Waals surface area (Å²) in [5, 5.41) is 0. The molecule has 1 unspecified atom stereocenters. The van der Waals surface area contributed by atoms with Crippen LogP contribution in [-0.2, 0) is 6.42 Å². The Morgan fingerprint density at radius 2 is 2.25 bits per heavy atom. The molecule has 0 bridgehead atoms. The first-order valence-electron chi connectivity index (χ1n) is 4.99. The number of hydrogen-bond acceptors (Lipinski definition) is 0. The molecular weight excluding hydrogens is 146 g/mol. The van der Waals surface area contributed by atoms with Crippen LogP contribution >= 0.6 is 0 Å². The van der Waals surface area contributed by atoms with Gasteiger partial charge in [0.1, 0.15) is 0 Å². The van der Waals surface area contributed by atoms with Gasteiger partial charge >= 0.3 is 0 Å². The molecule has 0 aliphatic heterocycles. The molecule has 12 heavy (non-hydrogen) atoms. The SMILES string of the molecule is CCCC(CC)Cc1ccc[nH]1. The predicted molar refractivity (Wildman–Crippen MR) is 53.2 cm³/mol. The van der Waals surface area contributed by atoms with Crippen LogP contribution in [0.1, 0.15) is 38.8 Å². The Bertz CT molecular complexity index is 189. The van der Waals surface area contributed by atoms with E-state index in [1.54, 1.807) is 0 Å². The van der Waals surface area contributed by atoms with Gasteiger partial charge in [-0.05, 0) is 24.5 Å². The highest BCUT2D eigenvalue weighted by molar-refractivity contribution is 5.04. The molecule has 1 N–H and O–H groups in total. The maximum absolute atomic E-state index is 3.26. The van der Waals surface area contributed by atoms with Crippen LogP contribution in [0.5, 0.6) is 0 Å². The first kappa shape index (κ1) is 9.37. The Morgan fingerprint density at radius 1 is 1.42 bits per heavy atom. The van der Waals surface area contributed by atoms with Crippen molar-refractivity contribution in [1.29, 1.82) is 0 Å². The first-order chi connectivity index (χ1) is 5.86. The summed E-state index contributed by atoms with van der Waals surface area (Å²) in [6, 6.07) is 4.26. The smallest absolute Gasteiger partial charge is 0.0149 e. The zero-order valence-electron chi connectivity index (χ0n) is 8.14. The van der Waals surface area contributed by atoms with Gasteiger partial charge in [0.15, 0.2) is 0 Å². The summed E-state index contributed by atoms with van der Waals surface area (Å²) in [6.07, 6.45) is 7.19. The number of aromatic nitrogens is 1. The van der Waals surface area contributed by atoms with Crippen LogP contribution in [0, 0.1) is 5.92 Å². The van der Waals surface area contributed by atoms with Gasteiger partial charge in [-0.25, -0.2) is 0 Å². The lowest BCUT2D eigenvalue weighted by atomic mass is 9.95. The minimum atomic E-state index is 0.869. The molecule has 0 spiro atoms. The second-order valence-electron chi connectivity index (χ2n) is 3.46. The van der Waals surface area contributed by atoms with Crippen molar-refractivity contribution in [2.45, 2.75) is 39.5 Å². The number of nitrogens with one attached hydrogen (secondary N) is 1. The Kier molecular flexibility index (Phi) is 3.92. The summed E-state index contributed by atoms with van der Waals surface area (Å²) >= 11 is 0. The van der Waals surface area contributed by atoms with Gasteiger partial charge in [-0.3, -0.25) is 0 Å². The van der Waals surface area contributed by atoms with Crippen LogP contribution in [0.3, 0.4) is 0 Å². The molecule has 1 heteroatoms. The molecule has 1 aromatic rings. The van der Waals surface area contributed by atoms with E-state index in [-0.39, 0.29) is 0 Å². The zero-order valence-corrected chi connectivity index (χ0v) is 8.14. The van der Waals surface area contributed by atoms with Crippen LogP contribution in [-0.4, -0.2) is 4.98 Å². The molecule has 0 fully saturated rings. The van der Waals surface area contributed by atoms with E-state index in [0.717, 1.165) is 5.92 Å². The van der Waals surface area contributed by atoms with Crippen LogP contribution < -0.4 is 0 Å². The maximum Gasteiger partial charge on any atom is 0.0149 e. The van der Waals surface area contributed by atoms with Crippen molar-refractivity contribution in [3.05, 3.63) is 24.0 Å². The van der Waals surface area contributed by atoms with E-state index >= 15 is 0 Å². The van der Waals surface area contributed by atoms with Gasteiger partial charge in [-0.15, -0.1) is 0 Å². The molecule has 1 atom stereocenters. The highest BCUT2D eigenvalue weighted by Gasteiger charge is 2.05. The largest absolute Gasteiger partial charge is 0.365 e. The molecule has 1 heterocycles. The zero-order chi connectivity index (χ0) is 8.81. The maximum atomic E-state index is 3.26. The van der Waals surface area contributed by atoms with Crippen molar-refractivity contribution in [3.63, 3.8) is 0 Å². The second-order valence-corrected chi connectivity index (χ2v) is 3.46. The topological polar surface area (TPSA) is 15.8 Å². The van der Waals surface area contributed by atoms with E-state index in [4.69, 9.17) is 0 Å². The second kappa shape index (κ2) is 5.02. The average Bonchev–Trinajstić information content (AvgIpc) is 2.56. The van der Waals surface area contributed by atoms with Crippen LogP contribution in [0.25, 0.3) is 0 Å². The summed E-state index contributed by atoms with van der Waals surface area (Å²) in [6.45, 7) is 4.54. The standard InChI is InChI=1S/C11H19N/c1-3-6-10(4-2)9-11-7-5-8-12-11/h5,7-8,10,12H,3-4,6,9H2,1-2H3. The van der Waals surface area contributed by atoms with Crippen LogP contribution in [0.4, 0.5) is 0 Å². The Labute approximate surface area is 75.2 Å². The lowest BCUT2D eigenvalue weighted by Gasteiger charge is -2.11. The monoisotopic (exact) mass is 165 g/mol. The van der Waals surface area contributed by atoms with Gasteiger partial charge in [-0.2, -0.15) is 0 Å². The molecule has 0 aliphatic carbocycles. The summed E-state index contributed by atoms with van der Waals surface area (Å²) in [7, 11) is 0. The lowest BCUT2D eigenvalue weighted by Crippen LogP contribution is -2.02. The van der Waals surface area contributed by atoms with Crippen molar-refractivity contribution in [2.24, 2.45) is 5.92 Å². The third-order valence-corrected chi connectivity index (χ3v) is 2.45. The number of H-pyrrole nitrogens is 1. The number of aromatic amines is 1. The third-order valence-electron chi connectivity index (χ3n) is 2.45. The van der Waals surface area contributed by atoms with Gasteiger partial charge in [-0.1, -0.05) is 33.1 Å². The van der Waals surface area contributed by atoms with E-state index in [9.17, 15) is 0 Å². The van der Waals surface area contributed by atoms with E-state index in [1.165, 1.54) is 31.4 Å². The molecule has 0 amide bonds. The van der Waals surface area contributed by atoms with Crippen molar-refractivity contribution >= 4 is 0 Å². The molecule has 0 saturated heterocycles. The molecular formula is C11H19N. The summed E-state index contributed by atoms with van der Waals surface area (Å²) < 4.78 is 0. The fourth-order valence-electron chi connectivity index (χ4n) is 1.66. The van der Waals surface area contributed by atoms with Gasteiger partial charge in [0, 0.05) is 11.9 Å². The molecule has 68 valence electrons. The lowest BCUT2D eigenvalue weighted by molar-refractivity contribution is 0.458. The molecule has 0 aromatic carbocycles. The Balaban J connectivity index is 2.37. The summed E-state index contributed by atoms with van der Waals surface area (Å²) in [4.78, 5) is 3.26. The van der Waals surface area contributed by atoms with Crippen molar-refractivity contribution < 1.29 is 0 Å². The third kappa shape index (κ3) is 2.72. The highest BCUT2D eigenvalue weighted by Crippen LogP contribution is 2.15. The molecule has 0 saturated carbocycles. The Morgan fingerprint density at radius 3 is 2.75 bits per heavy atom. The average molecular weight is 165 g/mol. The van der Waals surface area contributed by atoms with Crippen molar-refractivity contribution in [1.82, 2.24) is 4.98 Å². The van der Waals surface area contributed by atoms with E-state index in [2.05, 4.69) is 31.0 Å². The highest BCUT2D eigenvalue weighted by atomic mass is 14.7. The molecule has 1 rings (SSSR count). The van der Waals surface area contributed by atoms with Crippen LogP contribution in [0.15, 0.2) is 18.3 Å². The molecule has 1 nitrogen and oxygen atoms in total. The fraction of sp³-hybridized carbons (Fsp3) is 0.636. The molecule has 0 radical (unpaired) electrons. The quantitative estimate of drug-likeness (QED) is 0.688. The predicted octanol–water partition coefficient (Wildman–Crippen LogP) is 3.38. The number of rotatable bonds is 5. The van der Waals surface area contributed by atoms with Gasteiger partial charge < -0.3 is 4.98 Å². The van der Waals surface area contributed by atoms with E-state index < -0.39 is 0 Å².